The Morgan fingerprint density at radius 1 is 1.11 bits per heavy atom. The molecule has 0 aromatic carbocycles. The largest absolute Gasteiger partial charge is 0.371 e. The second-order valence-corrected chi connectivity index (χ2v) is 13.1. The number of likely N-dealkylation sites (N-methyl/N-ethyl adjacent to an activating group) is 1. The van der Waals surface area contributed by atoms with Crippen LogP contribution in [0.1, 0.15) is 51.4 Å². The summed E-state index contributed by atoms with van der Waals surface area (Å²) in [5, 5.41) is 3.29. The summed E-state index contributed by atoms with van der Waals surface area (Å²) in [5.41, 5.74) is 1.52. The lowest BCUT2D eigenvalue weighted by atomic mass is 10.0. The minimum atomic E-state index is 0.321. The molecule has 2 unspecified atom stereocenters. The highest BCUT2D eigenvalue weighted by atomic mass is 32.2. The average Bonchev–Trinajstić information content (AvgIpc) is 3.36. The smallest absolute Gasteiger partial charge is 0.0860 e. The fourth-order valence-electron chi connectivity index (χ4n) is 4.94. The quantitative estimate of drug-likeness (QED) is 0.430. The van der Waals surface area contributed by atoms with Gasteiger partial charge in [0.05, 0.1) is 4.08 Å². The Balaban J connectivity index is 1.29. The molecule has 156 valence electrons. The van der Waals surface area contributed by atoms with Crippen LogP contribution in [0.5, 0.6) is 0 Å². The van der Waals surface area contributed by atoms with E-state index in [2.05, 4.69) is 82.0 Å². The highest BCUT2D eigenvalue weighted by molar-refractivity contribution is 8.20. The first kappa shape index (κ1) is 21.3. The van der Waals surface area contributed by atoms with Gasteiger partial charge < -0.3 is 4.90 Å². The minimum Gasteiger partial charge on any atom is -0.371 e. The summed E-state index contributed by atoms with van der Waals surface area (Å²) in [6.07, 6.45) is 20.8. The lowest BCUT2D eigenvalue weighted by molar-refractivity contribution is 0.334. The van der Waals surface area contributed by atoms with Crippen LogP contribution < -0.4 is 0 Å². The second-order valence-electron chi connectivity index (χ2n) is 8.68. The Kier molecular flexibility index (Phi) is 7.88. The SMILES string of the molecule is CN1CCCC1C1=CN(CC2(SCCSC3CCCCC3)CC=CS2)CC=C1. The van der Waals surface area contributed by atoms with E-state index in [0.29, 0.717) is 10.1 Å². The van der Waals surface area contributed by atoms with Crippen LogP contribution in [0.15, 0.2) is 35.4 Å². The summed E-state index contributed by atoms with van der Waals surface area (Å²) in [6.45, 7) is 3.47. The van der Waals surface area contributed by atoms with Crippen molar-refractivity contribution in [3.05, 3.63) is 35.4 Å². The van der Waals surface area contributed by atoms with Gasteiger partial charge in [-0.1, -0.05) is 37.5 Å². The van der Waals surface area contributed by atoms with Crippen LogP contribution in [-0.2, 0) is 0 Å². The van der Waals surface area contributed by atoms with Crippen LogP contribution in [0.4, 0.5) is 0 Å². The molecule has 3 heterocycles. The molecule has 1 saturated heterocycles. The van der Waals surface area contributed by atoms with Crippen molar-refractivity contribution in [2.24, 2.45) is 0 Å². The van der Waals surface area contributed by atoms with E-state index >= 15 is 0 Å². The number of hydrogen-bond donors (Lipinski definition) is 0. The number of likely N-dealkylation sites (tertiary alicyclic amines) is 1. The summed E-state index contributed by atoms with van der Waals surface area (Å²) in [6, 6.07) is 0.629. The predicted molar refractivity (Wildman–Crippen MR) is 130 cm³/mol. The number of allylic oxidation sites excluding steroid dienone is 1. The molecule has 5 heteroatoms. The molecule has 1 saturated carbocycles. The highest BCUT2D eigenvalue weighted by Crippen LogP contribution is 2.47. The lowest BCUT2D eigenvalue weighted by Crippen LogP contribution is -2.37. The summed E-state index contributed by atoms with van der Waals surface area (Å²) in [5.74, 6) is 2.62. The van der Waals surface area contributed by atoms with Gasteiger partial charge in [-0.3, -0.25) is 4.90 Å². The van der Waals surface area contributed by atoms with Crippen molar-refractivity contribution in [1.29, 1.82) is 0 Å². The maximum atomic E-state index is 2.59. The Morgan fingerprint density at radius 3 is 2.75 bits per heavy atom. The summed E-state index contributed by atoms with van der Waals surface area (Å²) in [4.78, 5) is 5.11. The molecule has 0 radical (unpaired) electrons. The van der Waals surface area contributed by atoms with Crippen molar-refractivity contribution in [2.45, 2.75) is 66.7 Å². The van der Waals surface area contributed by atoms with Crippen molar-refractivity contribution in [2.75, 3.05) is 38.2 Å². The minimum absolute atomic E-state index is 0.321. The molecular formula is C23H36N2S3. The van der Waals surface area contributed by atoms with Crippen LogP contribution in [0.25, 0.3) is 0 Å². The van der Waals surface area contributed by atoms with Crippen LogP contribution in [-0.4, -0.2) is 63.4 Å². The van der Waals surface area contributed by atoms with Crippen LogP contribution in [0.3, 0.4) is 0 Å². The zero-order valence-electron chi connectivity index (χ0n) is 17.4. The van der Waals surface area contributed by atoms with Gasteiger partial charge in [-0.25, -0.2) is 0 Å². The van der Waals surface area contributed by atoms with Gasteiger partial charge in [-0.15, -0.1) is 23.5 Å². The molecule has 0 bridgehead atoms. The molecule has 0 aromatic heterocycles. The number of hydrogen-bond acceptors (Lipinski definition) is 5. The molecule has 0 amide bonds. The Labute approximate surface area is 185 Å². The fraction of sp³-hybridized carbons (Fsp3) is 0.739. The molecule has 3 aliphatic heterocycles. The topological polar surface area (TPSA) is 6.48 Å². The Morgan fingerprint density at radius 2 is 2.00 bits per heavy atom. The van der Waals surface area contributed by atoms with Crippen molar-refractivity contribution >= 4 is 35.3 Å². The molecule has 0 aromatic rings. The van der Waals surface area contributed by atoms with Gasteiger partial charge in [-0.05, 0) is 56.7 Å². The van der Waals surface area contributed by atoms with E-state index in [-0.39, 0.29) is 0 Å². The van der Waals surface area contributed by atoms with Crippen molar-refractivity contribution in [3.8, 4) is 0 Å². The zero-order chi connectivity index (χ0) is 19.2. The summed E-state index contributed by atoms with van der Waals surface area (Å²) >= 11 is 6.54. The van der Waals surface area contributed by atoms with Gasteiger partial charge in [0.2, 0.25) is 0 Å². The Hall–Kier alpha value is 0.0300. The third-order valence-corrected chi connectivity index (χ3v) is 11.1. The van der Waals surface area contributed by atoms with E-state index in [4.69, 9.17) is 0 Å². The zero-order valence-corrected chi connectivity index (χ0v) is 19.8. The first-order chi connectivity index (χ1) is 13.7. The second kappa shape index (κ2) is 10.4. The molecule has 28 heavy (non-hydrogen) atoms. The first-order valence-corrected chi connectivity index (χ1v) is 14.1. The molecule has 4 rings (SSSR count). The van der Waals surface area contributed by atoms with Crippen molar-refractivity contribution < 1.29 is 0 Å². The number of thioether (sulfide) groups is 3. The summed E-state index contributed by atoms with van der Waals surface area (Å²) in [7, 11) is 2.28. The van der Waals surface area contributed by atoms with Gasteiger partial charge in [0.1, 0.15) is 0 Å². The van der Waals surface area contributed by atoms with E-state index in [0.717, 1.165) is 18.3 Å². The Bertz CT molecular complexity index is 587. The van der Waals surface area contributed by atoms with E-state index in [1.54, 1.807) is 0 Å². The molecule has 1 aliphatic carbocycles. The standard InChI is InChI=1S/C23H36N2S3/c1-24-13-6-11-22(24)20-8-5-14-25(18-20)19-23(12-7-15-27-23)28-17-16-26-21-9-3-2-4-10-21/h5,7-8,15,18,21-22H,2-4,6,9-14,16-17,19H2,1H3. The molecule has 2 atom stereocenters. The van der Waals surface area contributed by atoms with Crippen LogP contribution in [0, 0.1) is 0 Å². The normalized spacial score (nSPS) is 31.7. The molecule has 2 fully saturated rings. The predicted octanol–water partition coefficient (Wildman–Crippen LogP) is 5.98. The molecule has 0 spiro atoms. The van der Waals surface area contributed by atoms with Gasteiger partial charge in [0.25, 0.3) is 0 Å². The first-order valence-electron chi connectivity index (χ1n) is 11.2. The van der Waals surface area contributed by atoms with Crippen LogP contribution in [0.2, 0.25) is 0 Å². The monoisotopic (exact) mass is 436 g/mol. The van der Waals surface area contributed by atoms with Gasteiger partial charge in [-0.2, -0.15) is 11.8 Å². The van der Waals surface area contributed by atoms with Crippen LogP contribution >= 0.6 is 35.3 Å². The average molecular weight is 437 g/mol. The maximum Gasteiger partial charge on any atom is 0.0860 e. The van der Waals surface area contributed by atoms with Gasteiger partial charge >= 0.3 is 0 Å². The van der Waals surface area contributed by atoms with Gasteiger partial charge in [0, 0.05) is 42.1 Å². The molecule has 4 aliphatic rings. The van der Waals surface area contributed by atoms with Crippen molar-refractivity contribution in [3.63, 3.8) is 0 Å². The maximum absolute atomic E-state index is 2.59. The van der Waals surface area contributed by atoms with E-state index in [1.807, 2.05) is 0 Å². The third kappa shape index (κ3) is 5.59. The number of nitrogens with zero attached hydrogens (tertiary/aromatic N) is 2. The van der Waals surface area contributed by atoms with E-state index in [1.165, 1.54) is 75.0 Å². The van der Waals surface area contributed by atoms with E-state index in [9.17, 15) is 0 Å². The lowest BCUT2D eigenvalue weighted by Gasteiger charge is -2.36. The molecular weight excluding hydrogens is 400 g/mol. The molecule has 0 N–H and O–H groups in total. The van der Waals surface area contributed by atoms with E-state index < -0.39 is 0 Å². The number of rotatable bonds is 8. The third-order valence-electron chi connectivity index (χ3n) is 6.49. The van der Waals surface area contributed by atoms with Gasteiger partial charge in [0.15, 0.2) is 0 Å². The molecule has 2 nitrogen and oxygen atoms in total. The highest BCUT2D eigenvalue weighted by Gasteiger charge is 2.35. The van der Waals surface area contributed by atoms with Crippen molar-refractivity contribution in [1.82, 2.24) is 9.80 Å². The summed E-state index contributed by atoms with van der Waals surface area (Å²) < 4.78 is 0.321. The fourth-order valence-corrected chi connectivity index (χ4v) is 9.06.